The molecule has 0 saturated carbocycles. The SMILES string of the molecule is CCCCCCCCCC(=O)OC[C@@H](COC(=O)CCCCCCCCCCCCCCCCC(C)C)OC(=O)CCCCCCCCCCCCCCC(C)C. The molecular formula is C51H98O6. The Hall–Kier alpha value is -1.59. The zero-order valence-electron chi connectivity index (χ0n) is 39.0. The minimum Gasteiger partial charge on any atom is -0.462 e. The van der Waals surface area contributed by atoms with Crippen LogP contribution >= 0.6 is 0 Å². The summed E-state index contributed by atoms with van der Waals surface area (Å²) in [5.74, 6) is 0.821. The minimum absolute atomic E-state index is 0.0641. The van der Waals surface area contributed by atoms with Gasteiger partial charge in [-0.25, -0.2) is 0 Å². The molecule has 0 fully saturated rings. The topological polar surface area (TPSA) is 78.9 Å². The fraction of sp³-hybridized carbons (Fsp3) is 0.941. The van der Waals surface area contributed by atoms with Crippen molar-refractivity contribution in [3.05, 3.63) is 0 Å². The lowest BCUT2D eigenvalue weighted by Gasteiger charge is -2.18. The van der Waals surface area contributed by atoms with Crippen LogP contribution in [-0.2, 0) is 28.6 Å². The number of carbonyl (C=O) groups is 3. The zero-order valence-corrected chi connectivity index (χ0v) is 39.0. The smallest absolute Gasteiger partial charge is 0.306 e. The van der Waals surface area contributed by atoms with Crippen LogP contribution < -0.4 is 0 Å². The van der Waals surface area contributed by atoms with E-state index in [0.717, 1.165) is 69.6 Å². The highest BCUT2D eigenvalue weighted by Gasteiger charge is 2.19. The number of rotatable bonds is 45. The van der Waals surface area contributed by atoms with Gasteiger partial charge in [-0.15, -0.1) is 0 Å². The van der Waals surface area contributed by atoms with Crippen molar-refractivity contribution in [1.82, 2.24) is 0 Å². The predicted octanol–water partition coefficient (Wildman–Crippen LogP) is 16.1. The van der Waals surface area contributed by atoms with Crippen molar-refractivity contribution in [3.8, 4) is 0 Å². The lowest BCUT2D eigenvalue weighted by atomic mass is 10.0. The predicted molar refractivity (Wildman–Crippen MR) is 243 cm³/mol. The molecule has 338 valence electrons. The lowest BCUT2D eigenvalue weighted by molar-refractivity contribution is -0.167. The van der Waals surface area contributed by atoms with Crippen LogP contribution in [0.25, 0.3) is 0 Å². The highest BCUT2D eigenvalue weighted by Crippen LogP contribution is 2.17. The molecule has 0 spiro atoms. The van der Waals surface area contributed by atoms with Gasteiger partial charge in [0.2, 0.25) is 0 Å². The zero-order chi connectivity index (χ0) is 41.9. The van der Waals surface area contributed by atoms with E-state index in [0.29, 0.717) is 19.3 Å². The molecule has 0 radical (unpaired) electrons. The molecule has 0 saturated heterocycles. The van der Waals surface area contributed by atoms with Gasteiger partial charge in [0, 0.05) is 19.3 Å². The van der Waals surface area contributed by atoms with E-state index in [2.05, 4.69) is 34.6 Å². The van der Waals surface area contributed by atoms with Crippen molar-refractivity contribution in [2.75, 3.05) is 13.2 Å². The normalized spacial score (nSPS) is 12.1. The second kappa shape index (κ2) is 44.0. The third-order valence-corrected chi connectivity index (χ3v) is 11.5. The number of hydrogen-bond acceptors (Lipinski definition) is 6. The standard InChI is InChI=1S/C51H98O6/c1-6-7-8-9-24-31-36-41-49(52)55-44-48(57-51(54)43-38-33-28-23-19-15-14-17-21-26-30-35-40-47(4)5)45-56-50(53)42-37-32-27-22-18-13-11-10-12-16-20-25-29-34-39-46(2)3/h46-48H,6-45H2,1-5H3/t48-/m0/s1. The number of unbranched alkanes of at least 4 members (excludes halogenated alkanes) is 30. The summed E-state index contributed by atoms with van der Waals surface area (Å²) in [6.07, 6.45) is 43.9. The molecule has 1 atom stereocenters. The second-order valence-electron chi connectivity index (χ2n) is 18.4. The minimum atomic E-state index is -0.760. The summed E-state index contributed by atoms with van der Waals surface area (Å²) in [7, 11) is 0. The Labute approximate surface area is 355 Å². The summed E-state index contributed by atoms with van der Waals surface area (Å²) in [6, 6.07) is 0. The van der Waals surface area contributed by atoms with Crippen molar-refractivity contribution in [2.24, 2.45) is 11.8 Å². The van der Waals surface area contributed by atoms with E-state index in [1.165, 1.54) is 167 Å². The highest BCUT2D eigenvalue weighted by molar-refractivity contribution is 5.71. The molecule has 57 heavy (non-hydrogen) atoms. The van der Waals surface area contributed by atoms with Crippen molar-refractivity contribution < 1.29 is 28.6 Å². The van der Waals surface area contributed by atoms with Gasteiger partial charge in [-0.3, -0.25) is 14.4 Å². The van der Waals surface area contributed by atoms with Gasteiger partial charge in [0.25, 0.3) is 0 Å². The molecule has 0 aromatic rings. The highest BCUT2D eigenvalue weighted by atomic mass is 16.6. The fourth-order valence-corrected chi connectivity index (χ4v) is 7.64. The Morgan fingerprint density at radius 2 is 0.579 bits per heavy atom. The van der Waals surface area contributed by atoms with Gasteiger partial charge in [0.15, 0.2) is 6.10 Å². The maximum absolute atomic E-state index is 12.7. The quantitative estimate of drug-likeness (QED) is 0.0346. The average molecular weight is 807 g/mol. The van der Waals surface area contributed by atoms with Crippen LogP contribution in [0.4, 0.5) is 0 Å². The number of hydrogen-bond donors (Lipinski definition) is 0. The van der Waals surface area contributed by atoms with E-state index in [4.69, 9.17) is 14.2 Å². The van der Waals surface area contributed by atoms with E-state index >= 15 is 0 Å². The Bertz CT molecular complexity index is 870. The van der Waals surface area contributed by atoms with Gasteiger partial charge in [0.1, 0.15) is 13.2 Å². The molecule has 0 amide bonds. The van der Waals surface area contributed by atoms with Crippen LogP contribution in [-0.4, -0.2) is 37.2 Å². The molecule has 0 aliphatic carbocycles. The third kappa shape index (κ3) is 45.3. The van der Waals surface area contributed by atoms with Gasteiger partial charge < -0.3 is 14.2 Å². The molecule has 0 bridgehead atoms. The van der Waals surface area contributed by atoms with Crippen LogP contribution in [0.3, 0.4) is 0 Å². The summed E-state index contributed by atoms with van der Waals surface area (Å²) in [5, 5.41) is 0. The molecule has 0 aromatic carbocycles. The van der Waals surface area contributed by atoms with Crippen molar-refractivity contribution >= 4 is 17.9 Å². The molecule has 0 aliphatic rings. The van der Waals surface area contributed by atoms with Crippen LogP contribution in [0.5, 0.6) is 0 Å². The monoisotopic (exact) mass is 807 g/mol. The van der Waals surface area contributed by atoms with Gasteiger partial charge in [-0.1, -0.05) is 240 Å². The molecule has 0 unspecified atom stereocenters. The van der Waals surface area contributed by atoms with E-state index < -0.39 is 6.10 Å². The molecular weight excluding hydrogens is 709 g/mol. The van der Waals surface area contributed by atoms with Crippen LogP contribution in [0, 0.1) is 11.8 Å². The Morgan fingerprint density at radius 1 is 0.333 bits per heavy atom. The first kappa shape index (κ1) is 55.4. The number of esters is 3. The van der Waals surface area contributed by atoms with Crippen molar-refractivity contribution in [2.45, 2.75) is 285 Å². The molecule has 6 nitrogen and oxygen atoms in total. The van der Waals surface area contributed by atoms with Crippen molar-refractivity contribution in [1.29, 1.82) is 0 Å². The van der Waals surface area contributed by atoms with E-state index in [-0.39, 0.29) is 31.1 Å². The summed E-state index contributed by atoms with van der Waals surface area (Å²) < 4.78 is 16.7. The first-order valence-electron chi connectivity index (χ1n) is 25.2. The van der Waals surface area contributed by atoms with E-state index in [1.807, 2.05) is 0 Å². The largest absolute Gasteiger partial charge is 0.462 e. The maximum Gasteiger partial charge on any atom is 0.306 e. The molecule has 0 aliphatic heterocycles. The Kier molecular flexibility index (Phi) is 42.7. The lowest BCUT2D eigenvalue weighted by Crippen LogP contribution is -2.30. The summed E-state index contributed by atoms with van der Waals surface area (Å²) in [5.41, 5.74) is 0. The Morgan fingerprint density at radius 3 is 0.860 bits per heavy atom. The fourth-order valence-electron chi connectivity index (χ4n) is 7.64. The number of carbonyl (C=O) groups excluding carboxylic acids is 3. The molecule has 0 N–H and O–H groups in total. The second-order valence-corrected chi connectivity index (χ2v) is 18.4. The van der Waals surface area contributed by atoms with E-state index in [9.17, 15) is 14.4 Å². The third-order valence-electron chi connectivity index (χ3n) is 11.5. The van der Waals surface area contributed by atoms with Crippen LogP contribution in [0.15, 0.2) is 0 Å². The van der Waals surface area contributed by atoms with Crippen LogP contribution in [0.1, 0.15) is 279 Å². The van der Waals surface area contributed by atoms with Gasteiger partial charge in [-0.05, 0) is 31.1 Å². The van der Waals surface area contributed by atoms with Crippen molar-refractivity contribution in [3.63, 3.8) is 0 Å². The van der Waals surface area contributed by atoms with Gasteiger partial charge in [0.05, 0.1) is 0 Å². The molecule has 0 aromatic heterocycles. The van der Waals surface area contributed by atoms with Gasteiger partial charge >= 0.3 is 17.9 Å². The maximum atomic E-state index is 12.7. The molecule has 0 heterocycles. The summed E-state index contributed by atoms with van der Waals surface area (Å²) in [4.78, 5) is 37.7. The molecule has 6 heteroatoms. The Balaban J connectivity index is 4.21. The van der Waals surface area contributed by atoms with E-state index in [1.54, 1.807) is 0 Å². The summed E-state index contributed by atoms with van der Waals surface area (Å²) in [6.45, 7) is 11.3. The average Bonchev–Trinajstić information content (AvgIpc) is 3.18. The van der Waals surface area contributed by atoms with Gasteiger partial charge in [-0.2, -0.15) is 0 Å². The summed E-state index contributed by atoms with van der Waals surface area (Å²) >= 11 is 0. The molecule has 0 rings (SSSR count). The number of ether oxygens (including phenoxy) is 3. The first-order valence-corrected chi connectivity index (χ1v) is 25.2. The van der Waals surface area contributed by atoms with Crippen LogP contribution in [0.2, 0.25) is 0 Å². The first-order chi connectivity index (χ1) is 27.7.